The number of Topliss-reactive ketones (excluding diaryl/α,β-unsaturated/α-hetero) is 2. The van der Waals surface area contributed by atoms with Gasteiger partial charge in [-0.3, -0.25) is 14.1 Å². The van der Waals surface area contributed by atoms with E-state index < -0.39 is 63.3 Å². The summed E-state index contributed by atoms with van der Waals surface area (Å²) in [5.74, 6) is -25.1. The van der Waals surface area contributed by atoms with Crippen LogP contribution in [0.25, 0.3) is 0 Å². The molecule has 0 radical (unpaired) electrons. The monoisotopic (exact) mass is 414 g/mol. The van der Waals surface area contributed by atoms with E-state index in [0.29, 0.717) is 0 Å². The number of allylic oxidation sites excluding steroid dienone is 1. The molecule has 0 fully saturated rings. The molecule has 16 heteroatoms. The third kappa shape index (κ3) is 3.49. The maximum Gasteiger partial charge on any atom is 0.439 e. The van der Waals surface area contributed by atoms with Gasteiger partial charge in [0.15, 0.2) is 0 Å². The molecule has 0 spiro atoms. The Hall–Kier alpha value is -1.71. The molecule has 0 aromatic heterocycles. The Morgan fingerprint density at radius 3 is 1.48 bits per heavy atom. The van der Waals surface area contributed by atoms with E-state index in [4.69, 9.17) is 4.55 Å². The van der Waals surface area contributed by atoms with Crippen molar-refractivity contribution in [1.82, 2.24) is 0 Å². The molecule has 0 aliphatic heterocycles. The minimum Gasteiger partial charge on any atom is -0.289 e. The number of carbonyl (C=O) groups is 2. The van der Waals surface area contributed by atoms with Crippen molar-refractivity contribution in [2.24, 2.45) is 0 Å². The topological polar surface area (TPSA) is 88.5 Å². The van der Waals surface area contributed by atoms with E-state index in [1.807, 2.05) is 0 Å². The summed E-state index contributed by atoms with van der Waals surface area (Å²) in [5, 5.41) is -6.84. The van der Waals surface area contributed by atoms with Crippen molar-refractivity contribution >= 4 is 21.7 Å². The minimum atomic E-state index is -7.16. The molecule has 5 nitrogen and oxygen atoms in total. The van der Waals surface area contributed by atoms with Gasteiger partial charge in [-0.15, -0.1) is 0 Å². The van der Waals surface area contributed by atoms with Gasteiger partial charge in [-0.25, -0.2) is 4.39 Å². The number of hydrogen-bond acceptors (Lipinski definition) is 4. The Bertz CT molecular complexity index is 719. The molecule has 0 aliphatic rings. The third-order valence-corrected chi connectivity index (χ3v) is 3.55. The van der Waals surface area contributed by atoms with E-state index in [9.17, 15) is 61.9 Å². The summed E-state index contributed by atoms with van der Waals surface area (Å²) in [7, 11) is -7.16. The Balaban J connectivity index is 6.32. The van der Waals surface area contributed by atoms with Crippen LogP contribution < -0.4 is 0 Å². The first-order chi connectivity index (χ1) is 10.7. The molecule has 1 N–H and O–H groups in total. The normalized spacial score (nSPS) is 16.2. The maximum absolute atomic E-state index is 13.7. The molecule has 0 aromatic carbocycles. The van der Waals surface area contributed by atoms with E-state index in [2.05, 4.69) is 0 Å². The summed E-state index contributed by atoms with van der Waals surface area (Å²) in [6.07, 6.45) is -3.78. The largest absolute Gasteiger partial charge is 0.439 e. The molecule has 0 heterocycles. The summed E-state index contributed by atoms with van der Waals surface area (Å²) >= 11 is 0. The van der Waals surface area contributed by atoms with Crippen molar-refractivity contribution in [3.05, 3.63) is 11.9 Å². The average Bonchev–Trinajstić information content (AvgIpc) is 2.42. The number of ketones is 2. The molecule has 1 atom stereocenters. The van der Waals surface area contributed by atoms with Crippen molar-refractivity contribution in [1.29, 1.82) is 0 Å². The van der Waals surface area contributed by atoms with Gasteiger partial charge in [0.05, 0.1) is 0 Å². The van der Waals surface area contributed by atoms with Gasteiger partial charge < -0.3 is 0 Å². The molecule has 146 valence electrons. The molecule has 0 rings (SSSR count). The molecule has 0 aromatic rings. The van der Waals surface area contributed by atoms with Crippen LogP contribution in [-0.4, -0.2) is 47.3 Å². The highest BCUT2D eigenvalue weighted by Gasteiger charge is 2.77. The Kier molecular flexibility index (Phi) is 5.80. The number of hydrogen-bond donors (Lipinski definition) is 1. The van der Waals surface area contributed by atoms with Gasteiger partial charge in [0, 0.05) is 0 Å². The zero-order chi connectivity index (χ0) is 20.8. The fourth-order valence-electron chi connectivity index (χ4n) is 1.17. The van der Waals surface area contributed by atoms with Crippen molar-refractivity contribution in [3.63, 3.8) is 0 Å². The number of carbonyl (C=O) groups excluding carboxylic acids is 2. The first kappa shape index (κ1) is 23.3. The van der Waals surface area contributed by atoms with Crippen LogP contribution in [0.4, 0.5) is 43.9 Å². The average molecular weight is 414 g/mol. The smallest absolute Gasteiger partial charge is 0.289 e. The van der Waals surface area contributed by atoms with Crippen LogP contribution in [0.3, 0.4) is 0 Å². The van der Waals surface area contributed by atoms with Crippen LogP contribution >= 0.6 is 0 Å². The standard InChI is InChI=1S/C9H4F10O5S/c1-6(13,7(14,15)3(20)2(10)4(11)12)5(21)8(16,17)9(18,19)25(22,23)24/h1H3,(H,22,23,24). The molecule has 1 unspecified atom stereocenters. The maximum atomic E-state index is 13.7. The predicted molar refractivity (Wildman–Crippen MR) is 56.3 cm³/mol. The second kappa shape index (κ2) is 6.22. The number of alkyl halides is 7. The quantitative estimate of drug-likeness (QED) is 0.393. The number of rotatable bonds is 7. The van der Waals surface area contributed by atoms with E-state index in [1.165, 1.54) is 0 Å². The van der Waals surface area contributed by atoms with Crippen molar-refractivity contribution < 1.29 is 66.5 Å². The molecule has 0 aliphatic carbocycles. The first-order valence-corrected chi connectivity index (χ1v) is 6.71. The minimum absolute atomic E-state index is 0.982. The van der Waals surface area contributed by atoms with E-state index >= 15 is 0 Å². The molecule has 25 heavy (non-hydrogen) atoms. The van der Waals surface area contributed by atoms with Crippen molar-refractivity contribution in [3.8, 4) is 0 Å². The molecule has 0 amide bonds. The van der Waals surface area contributed by atoms with E-state index in [1.54, 1.807) is 0 Å². The van der Waals surface area contributed by atoms with E-state index in [0.717, 1.165) is 0 Å². The zero-order valence-corrected chi connectivity index (χ0v) is 12.1. The van der Waals surface area contributed by atoms with Gasteiger partial charge in [-0.1, -0.05) is 0 Å². The molecule has 0 bridgehead atoms. The predicted octanol–water partition coefficient (Wildman–Crippen LogP) is 2.68. The summed E-state index contributed by atoms with van der Waals surface area (Å²) in [4.78, 5) is 21.7. The Labute approximate surface area is 131 Å². The second-order valence-corrected chi connectivity index (χ2v) is 5.84. The van der Waals surface area contributed by atoms with Crippen LogP contribution in [0.1, 0.15) is 6.92 Å². The number of halogens is 10. The van der Waals surface area contributed by atoms with Gasteiger partial charge in [0.1, 0.15) is 0 Å². The van der Waals surface area contributed by atoms with Crippen LogP contribution in [-0.2, 0) is 19.7 Å². The second-order valence-electron chi connectivity index (χ2n) is 4.38. The Morgan fingerprint density at radius 1 is 0.840 bits per heavy atom. The highest BCUT2D eigenvalue weighted by atomic mass is 32.2. The lowest BCUT2D eigenvalue weighted by Gasteiger charge is -2.31. The Morgan fingerprint density at radius 2 is 1.20 bits per heavy atom. The fraction of sp³-hybridized carbons (Fsp3) is 0.556. The lowest BCUT2D eigenvalue weighted by Crippen LogP contribution is -2.63. The highest BCUT2D eigenvalue weighted by Crippen LogP contribution is 2.46. The van der Waals surface area contributed by atoms with Gasteiger partial charge in [-0.2, -0.15) is 47.9 Å². The summed E-state index contributed by atoms with van der Waals surface area (Å²) in [5.41, 5.74) is -5.78. The van der Waals surface area contributed by atoms with Crippen LogP contribution in [0.2, 0.25) is 0 Å². The van der Waals surface area contributed by atoms with Gasteiger partial charge >= 0.3 is 33.3 Å². The van der Waals surface area contributed by atoms with Gasteiger partial charge in [0.2, 0.25) is 11.5 Å². The first-order valence-electron chi connectivity index (χ1n) is 5.27. The van der Waals surface area contributed by atoms with Crippen LogP contribution in [0, 0.1) is 0 Å². The summed E-state index contributed by atoms with van der Waals surface area (Å²) in [6, 6.07) is 0. The lowest BCUT2D eigenvalue weighted by atomic mass is 9.88. The lowest BCUT2D eigenvalue weighted by molar-refractivity contribution is -0.209. The highest BCUT2D eigenvalue weighted by molar-refractivity contribution is 7.87. The summed E-state index contributed by atoms with van der Waals surface area (Å²) < 4.78 is 157. The fourth-order valence-corrected chi connectivity index (χ4v) is 1.59. The molecule has 0 saturated carbocycles. The molecular weight excluding hydrogens is 410 g/mol. The third-order valence-electron chi connectivity index (χ3n) is 2.64. The zero-order valence-electron chi connectivity index (χ0n) is 11.3. The van der Waals surface area contributed by atoms with Gasteiger partial charge in [-0.05, 0) is 6.92 Å². The van der Waals surface area contributed by atoms with Gasteiger partial charge in [0.25, 0.3) is 11.6 Å². The van der Waals surface area contributed by atoms with Crippen LogP contribution in [0.5, 0.6) is 0 Å². The molecular formula is C9H4F10O5S. The van der Waals surface area contributed by atoms with Crippen molar-refractivity contribution in [2.45, 2.75) is 29.7 Å². The van der Waals surface area contributed by atoms with E-state index in [-0.39, 0.29) is 0 Å². The van der Waals surface area contributed by atoms with Crippen LogP contribution in [0.15, 0.2) is 11.9 Å². The van der Waals surface area contributed by atoms with Crippen molar-refractivity contribution in [2.75, 3.05) is 0 Å². The summed E-state index contributed by atoms with van der Waals surface area (Å²) in [6.45, 7) is -0.982. The SMILES string of the molecule is CC(F)(C(=O)C(F)(F)C(F)(F)S(=O)(=O)O)C(F)(F)C(=O)C(F)=C(F)F. The molecule has 0 saturated heterocycles.